The maximum Gasteiger partial charge on any atom is 0.315 e. The maximum absolute atomic E-state index is 11.3. The molecule has 0 N–H and O–H groups in total. The van der Waals surface area contributed by atoms with Crippen LogP contribution in [0.3, 0.4) is 0 Å². The average Bonchev–Trinajstić information content (AvgIpc) is 2.61. The van der Waals surface area contributed by atoms with Crippen LogP contribution in [0.25, 0.3) is 5.57 Å². The molecule has 15 heavy (non-hydrogen) atoms. The molecule has 0 aliphatic carbocycles. The van der Waals surface area contributed by atoms with Crippen LogP contribution in [0.4, 0.5) is 0 Å². The Morgan fingerprint density at radius 3 is 3.13 bits per heavy atom. The minimum atomic E-state index is -0.169. The van der Waals surface area contributed by atoms with Gasteiger partial charge in [0.1, 0.15) is 5.75 Å². The molecule has 2 aliphatic heterocycles. The van der Waals surface area contributed by atoms with E-state index in [1.807, 2.05) is 13.0 Å². The maximum atomic E-state index is 11.3. The van der Waals surface area contributed by atoms with Gasteiger partial charge in [-0.05, 0) is 25.0 Å². The Morgan fingerprint density at radius 1 is 1.40 bits per heavy atom. The lowest BCUT2D eigenvalue weighted by Crippen LogP contribution is -2.26. The smallest absolute Gasteiger partial charge is 0.315 e. The van der Waals surface area contributed by atoms with Gasteiger partial charge in [-0.1, -0.05) is 5.57 Å². The third kappa shape index (κ3) is 1.27. The predicted octanol–water partition coefficient (Wildman–Crippen LogP) is 0.342. The van der Waals surface area contributed by atoms with Crippen LogP contribution < -0.4 is 15.3 Å². The molecule has 76 valence electrons. The second-order valence-corrected chi connectivity index (χ2v) is 4.04. The highest BCUT2D eigenvalue weighted by atomic mass is 16.5. The zero-order valence-electron chi connectivity index (χ0n) is 8.54. The molecule has 2 heterocycles. The van der Waals surface area contributed by atoms with E-state index in [1.165, 1.54) is 5.56 Å². The molecule has 0 saturated carbocycles. The Bertz CT molecular complexity index is 572. The molecule has 0 spiro atoms. The van der Waals surface area contributed by atoms with Gasteiger partial charge < -0.3 is 4.74 Å². The summed E-state index contributed by atoms with van der Waals surface area (Å²) in [6.45, 7) is 2.84. The third-order valence-corrected chi connectivity index (χ3v) is 2.94. The SMILES string of the molecule is CC1=c2cc3c(cc2OC(=O)C1)=NCC3. The van der Waals surface area contributed by atoms with Crippen LogP contribution in [0.2, 0.25) is 0 Å². The third-order valence-electron chi connectivity index (χ3n) is 2.94. The molecule has 0 bridgehead atoms. The Balaban J connectivity index is 2.35. The molecule has 3 heteroatoms. The highest BCUT2D eigenvalue weighted by Gasteiger charge is 2.17. The van der Waals surface area contributed by atoms with E-state index in [4.69, 9.17) is 4.74 Å². The van der Waals surface area contributed by atoms with E-state index in [-0.39, 0.29) is 5.97 Å². The molecule has 2 aliphatic rings. The van der Waals surface area contributed by atoms with Crippen molar-refractivity contribution in [1.82, 2.24) is 0 Å². The molecule has 3 rings (SSSR count). The largest absolute Gasteiger partial charge is 0.426 e. The number of hydrogen-bond acceptors (Lipinski definition) is 3. The van der Waals surface area contributed by atoms with Crippen LogP contribution in [0.5, 0.6) is 5.75 Å². The average molecular weight is 201 g/mol. The van der Waals surface area contributed by atoms with Crippen molar-refractivity contribution in [3.63, 3.8) is 0 Å². The van der Waals surface area contributed by atoms with E-state index in [0.717, 1.165) is 29.1 Å². The number of nitrogens with zero attached hydrogens (tertiary/aromatic N) is 1. The summed E-state index contributed by atoms with van der Waals surface area (Å²) in [5.74, 6) is 0.506. The van der Waals surface area contributed by atoms with E-state index in [9.17, 15) is 4.79 Å². The highest BCUT2D eigenvalue weighted by molar-refractivity contribution is 5.83. The fourth-order valence-electron chi connectivity index (χ4n) is 2.15. The van der Waals surface area contributed by atoms with E-state index < -0.39 is 0 Å². The van der Waals surface area contributed by atoms with Crippen molar-refractivity contribution < 1.29 is 9.53 Å². The van der Waals surface area contributed by atoms with Crippen molar-refractivity contribution in [2.45, 2.75) is 19.8 Å². The number of esters is 1. The number of benzene rings is 1. The Hall–Kier alpha value is -1.64. The van der Waals surface area contributed by atoms with Gasteiger partial charge in [0, 0.05) is 17.8 Å². The second-order valence-electron chi connectivity index (χ2n) is 4.04. The lowest BCUT2D eigenvalue weighted by molar-refractivity contribution is -0.133. The van der Waals surface area contributed by atoms with Gasteiger partial charge in [-0.2, -0.15) is 0 Å². The zero-order chi connectivity index (χ0) is 10.4. The molecule has 0 unspecified atom stereocenters. The van der Waals surface area contributed by atoms with Crippen molar-refractivity contribution in [3.05, 3.63) is 28.3 Å². The van der Waals surface area contributed by atoms with Crippen molar-refractivity contribution >= 4 is 11.5 Å². The molecule has 3 nitrogen and oxygen atoms in total. The van der Waals surface area contributed by atoms with Crippen molar-refractivity contribution in [2.24, 2.45) is 4.99 Å². The van der Waals surface area contributed by atoms with E-state index in [2.05, 4.69) is 11.1 Å². The van der Waals surface area contributed by atoms with Gasteiger partial charge in [-0.3, -0.25) is 9.79 Å². The minimum Gasteiger partial charge on any atom is -0.426 e. The van der Waals surface area contributed by atoms with Crippen LogP contribution in [0.15, 0.2) is 17.1 Å². The molecule has 0 atom stereocenters. The zero-order valence-corrected chi connectivity index (χ0v) is 8.54. The van der Waals surface area contributed by atoms with E-state index in [0.29, 0.717) is 12.2 Å². The summed E-state index contributed by atoms with van der Waals surface area (Å²) >= 11 is 0. The van der Waals surface area contributed by atoms with Gasteiger partial charge in [-0.25, -0.2) is 0 Å². The summed E-state index contributed by atoms with van der Waals surface area (Å²) in [4.78, 5) is 15.6. The molecular formula is C12H11NO2. The fraction of sp³-hybridized carbons (Fsp3) is 0.333. The molecular weight excluding hydrogens is 190 g/mol. The number of carbonyl (C=O) groups is 1. The Kier molecular flexibility index (Phi) is 1.69. The first-order valence-corrected chi connectivity index (χ1v) is 5.12. The lowest BCUT2D eigenvalue weighted by Gasteiger charge is -2.13. The number of fused-ring (bicyclic) bond motifs is 2. The van der Waals surface area contributed by atoms with Crippen LogP contribution in [0.1, 0.15) is 18.9 Å². The van der Waals surface area contributed by atoms with Gasteiger partial charge in [0.05, 0.1) is 11.8 Å². The number of rotatable bonds is 0. The van der Waals surface area contributed by atoms with Gasteiger partial charge >= 0.3 is 5.97 Å². The minimum absolute atomic E-state index is 0.169. The van der Waals surface area contributed by atoms with Crippen LogP contribution in [-0.4, -0.2) is 12.5 Å². The normalized spacial score (nSPS) is 17.9. The first-order valence-electron chi connectivity index (χ1n) is 5.12. The first-order chi connectivity index (χ1) is 7.24. The summed E-state index contributed by atoms with van der Waals surface area (Å²) in [6.07, 6.45) is 1.41. The van der Waals surface area contributed by atoms with Crippen molar-refractivity contribution in [3.8, 4) is 5.75 Å². The Labute approximate surface area is 87.1 Å². The van der Waals surface area contributed by atoms with Gasteiger partial charge in [0.15, 0.2) is 0 Å². The quantitative estimate of drug-likeness (QED) is 0.448. The Morgan fingerprint density at radius 2 is 2.27 bits per heavy atom. The molecule has 0 saturated heterocycles. The molecule has 0 amide bonds. The number of carbonyl (C=O) groups excluding carboxylic acids is 1. The summed E-state index contributed by atoms with van der Waals surface area (Å²) in [5.41, 5.74) is 2.36. The highest BCUT2D eigenvalue weighted by Crippen LogP contribution is 2.15. The van der Waals surface area contributed by atoms with Crippen molar-refractivity contribution in [2.75, 3.05) is 6.54 Å². The molecule has 0 aromatic heterocycles. The molecule has 0 fully saturated rings. The monoisotopic (exact) mass is 201 g/mol. The topological polar surface area (TPSA) is 38.7 Å². The molecule has 1 aromatic rings. The second kappa shape index (κ2) is 2.92. The summed E-state index contributed by atoms with van der Waals surface area (Å²) < 4.78 is 5.21. The van der Waals surface area contributed by atoms with Crippen LogP contribution in [0, 0.1) is 0 Å². The fourth-order valence-corrected chi connectivity index (χ4v) is 2.15. The van der Waals surface area contributed by atoms with Crippen LogP contribution >= 0.6 is 0 Å². The summed E-state index contributed by atoms with van der Waals surface area (Å²) in [7, 11) is 0. The predicted molar refractivity (Wildman–Crippen MR) is 55.1 cm³/mol. The first kappa shape index (κ1) is 8.65. The summed E-state index contributed by atoms with van der Waals surface area (Å²) in [6, 6.07) is 4.00. The van der Waals surface area contributed by atoms with E-state index >= 15 is 0 Å². The van der Waals surface area contributed by atoms with E-state index in [1.54, 1.807) is 0 Å². The molecule has 0 radical (unpaired) electrons. The standard InChI is InChI=1S/C12H11NO2/c1-7-4-12(14)15-11-6-10-8(2-3-13-10)5-9(7)11/h5-6H,2-4H2,1H3. The van der Waals surface area contributed by atoms with Gasteiger partial charge in [0.2, 0.25) is 0 Å². The van der Waals surface area contributed by atoms with Crippen molar-refractivity contribution in [1.29, 1.82) is 0 Å². The van der Waals surface area contributed by atoms with Gasteiger partial charge in [0.25, 0.3) is 0 Å². The summed E-state index contributed by atoms with van der Waals surface area (Å²) in [5, 5.41) is 2.06. The number of ether oxygens (including phenoxy) is 1. The van der Waals surface area contributed by atoms with Gasteiger partial charge in [-0.15, -0.1) is 0 Å². The van der Waals surface area contributed by atoms with Crippen LogP contribution in [-0.2, 0) is 11.2 Å². The lowest BCUT2D eigenvalue weighted by atomic mass is 10.0. The number of hydrogen-bond donors (Lipinski definition) is 0. The molecule has 1 aromatic carbocycles.